The number of benzene rings is 1. The smallest absolute Gasteiger partial charge is 0.252 e. The number of hydrogen-bond donors (Lipinski definition) is 3. The molecule has 0 radical (unpaired) electrons. The first kappa shape index (κ1) is 18.8. The van der Waals surface area contributed by atoms with Crippen molar-refractivity contribution in [3.8, 4) is 11.1 Å². The van der Waals surface area contributed by atoms with Crippen molar-refractivity contribution >= 4 is 12.0 Å². The van der Waals surface area contributed by atoms with Crippen LogP contribution in [0.1, 0.15) is 33.2 Å². The zero-order valence-electron chi connectivity index (χ0n) is 16.7. The second kappa shape index (κ2) is 8.30. The molecule has 1 fully saturated rings. The fourth-order valence-electron chi connectivity index (χ4n) is 4.27. The van der Waals surface area contributed by atoms with E-state index in [0.717, 1.165) is 60.8 Å². The molecule has 0 bridgehead atoms. The van der Waals surface area contributed by atoms with Crippen LogP contribution in [0.15, 0.2) is 48.8 Å². The Labute approximate surface area is 175 Å². The van der Waals surface area contributed by atoms with E-state index in [4.69, 9.17) is 4.74 Å². The molecule has 3 heterocycles. The van der Waals surface area contributed by atoms with E-state index < -0.39 is 0 Å². The standard InChI is InChI=1S/C23H25N5O2/c29-23(18-12-17-13-25-27-20-6-7-24-14-19(18)22(17)20)26-21(16-4-2-1-3-5-16)15-28-8-10-30-11-9-28/h1-7,12-13,21,24-25H,8-11,14-15H2,(H,26,29)/t21-/m1/s1. The Morgan fingerprint density at radius 2 is 2.07 bits per heavy atom. The summed E-state index contributed by atoms with van der Waals surface area (Å²) < 4.78 is 5.48. The number of carbonyl (C=O) groups is 1. The van der Waals surface area contributed by atoms with Crippen LogP contribution in [0.3, 0.4) is 0 Å². The maximum absolute atomic E-state index is 13.4. The van der Waals surface area contributed by atoms with E-state index in [-0.39, 0.29) is 11.9 Å². The van der Waals surface area contributed by atoms with Gasteiger partial charge in [-0.3, -0.25) is 14.8 Å². The molecular formula is C23H25N5O2. The first-order valence-electron chi connectivity index (χ1n) is 10.3. The molecule has 0 aromatic heterocycles. The Kier molecular flexibility index (Phi) is 5.21. The van der Waals surface area contributed by atoms with Crippen molar-refractivity contribution in [2.45, 2.75) is 12.6 Å². The molecule has 1 aromatic rings. The van der Waals surface area contributed by atoms with E-state index in [1.165, 1.54) is 0 Å². The number of amides is 1. The monoisotopic (exact) mass is 403 g/mol. The molecule has 7 heteroatoms. The minimum Gasteiger partial charge on any atom is -0.387 e. The summed E-state index contributed by atoms with van der Waals surface area (Å²) in [5, 5.41) is 13.8. The molecule has 0 unspecified atom stereocenters. The maximum atomic E-state index is 13.4. The van der Waals surface area contributed by atoms with Crippen LogP contribution < -0.4 is 10.6 Å². The average Bonchev–Trinajstić information content (AvgIpc) is 3.03. The lowest BCUT2D eigenvalue weighted by molar-refractivity contribution is 0.0332. The van der Waals surface area contributed by atoms with Crippen molar-refractivity contribution in [3.63, 3.8) is 0 Å². The SMILES string of the molecule is O=C(N[C@H](CN1CCOCC1)c1ccccc1)c1cc2c[nH]nc3c-2c1CNC=C3. The molecule has 30 heavy (non-hydrogen) atoms. The summed E-state index contributed by atoms with van der Waals surface area (Å²) in [6.45, 7) is 4.59. The number of morpholine rings is 1. The molecule has 0 saturated carbocycles. The maximum Gasteiger partial charge on any atom is 0.252 e. The summed E-state index contributed by atoms with van der Waals surface area (Å²) in [5.74, 6) is -0.0574. The highest BCUT2D eigenvalue weighted by atomic mass is 16.5. The molecule has 4 aliphatic rings. The highest BCUT2D eigenvalue weighted by Crippen LogP contribution is 2.35. The summed E-state index contributed by atoms with van der Waals surface area (Å²) in [4.78, 5) is 15.8. The van der Waals surface area contributed by atoms with E-state index >= 15 is 0 Å². The van der Waals surface area contributed by atoms with Crippen LogP contribution >= 0.6 is 0 Å². The number of hydrogen-bond acceptors (Lipinski definition) is 5. The highest BCUT2D eigenvalue weighted by Gasteiger charge is 2.27. The summed E-state index contributed by atoms with van der Waals surface area (Å²) in [6.07, 6.45) is 5.66. The molecule has 1 amide bonds. The van der Waals surface area contributed by atoms with Crippen LogP contribution in [0, 0.1) is 0 Å². The molecule has 1 aromatic carbocycles. The topological polar surface area (TPSA) is 82.3 Å². The summed E-state index contributed by atoms with van der Waals surface area (Å²) >= 11 is 0. The predicted octanol–water partition coefficient (Wildman–Crippen LogP) is 2.39. The minimum atomic E-state index is -0.0944. The van der Waals surface area contributed by atoms with Crippen LogP contribution in [-0.2, 0) is 11.3 Å². The second-order valence-corrected chi connectivity index (χ2v) is 7.70. The van der Waals surface area contributed by atoms with Gasteiger partial charge in [0, 0.05) is 49.1 Å². The Balaban J connectivity index is 1.44. The number of nitrogens with zero attached hydrogens (tertiary/aromatic N) is 2. The fraction of sp³-hybridized carbons (Fsp3) is 0.304. The van der Waals surface area contributed by atoms with Gasteiger partial charge in [0.25, 0.3) is 5.91 Å². The van der Waals surface area contributed by atoms with E-state index in [9.17, 15) is 4.79 Å². The van der Waals surface area contributed by atoms with Gasteiger partial charge in [-0.25, -0.2) is 0 Å². The fourth-order valence-corrected chi connectivity index (χ4v) is 4.27. The second-order valence-electron chi connectivity index (χ2n) is 7.70. The first-order chi connectivity index (χ1) is 14.8. The molecule has 1 atom stereocenters. The predicted molar refractivity (Wildman–Crippen MR) is 115 cm³/mol. The first-order valence-corrected chi connectivity index (χ1v) is 10.3. The molecule has 1 aliphatic carbocycles. The lowest BCUT2D eigenvalue weighted by Gasteiger charge is -2.31. The van der Waals surface area contributed by atoms with Crippen LogP contribution in [0.2, 0.25) is 0 Å². The van der Waals surface area contributed by atoms with E-state index in [1.54, 1.807) is 0 Å². The number of carbonyl (C=O) groups excluding carboxylic acids is 1. The molecule has 1 saturated heterocycles. The van der Waals surface area contributed by atoms with Gasteiger partial charge in [-0.1, -0.05) is 30.3 Å². The number of ether oxygens (including phenoxy) is 1. The Bertz CT molecular complexity index is 1020. The third-order valence-corrected chi connectivity index (χ3v) is 5.81. The van der Waals surface area contributed by atoms with Crippen LogP contribution in [0.5, 0.6) is 0 Å². The Hall–Kier alpha value is -3.16. The largest absolute Gasteiger partial charge is 0.387 e. The molecule has 5 rings (SSSR count). The Morgan fingerprint density at radius 3 is 2.90 bits per heavy atom. The normalized spacial score (nSPS) is 17.3. The zero-order valence-corrected chi connectivity index (χ0v) is 16.7. The third kappa shape index (κ3) is 3.69. The van der Waals surface area contributed by atoms with Crippen molar-refractivity contribution in [3.05, 3.63) is 71.2 Å². The van der Waals surface area contributed by atoms with Gasteiger partial charge >= 0.3 is 0 Å². The van der Waals surface area contributed by atoms with Gasteiger partial charge in [-0.05, 0) is 29.5 Å². The summed E-state index contributed by atoms with van der Waals surface area (Å²) in [7, 11) is 0. The molecule has 0 spiro atoms. The van der Waals surface area contributed by atoms with Gasteiger partial charge in [-0.2, -0.15) is 5.10 Å². The lowest BCUT2D eigenvalue weighted by Crippen LogP contribution is -2.43. The van der Waals surface area contributed by atoms with Crippen molar-refractivity contribution in [2.24, 2.45) is 0 Å². The lowest BCUT2D eigenvalue weighted by atomic mass is 10.0. The van der Waals surface area contributed by atoms with Gasteiger partial charge < -0.3 is 15.4 Å². The zero-order chi connectivity index (χ0) is 20.3. The Morgan fingerprint density at radius 1 is 1.23 bits per heavy atom. The molecular weight excluding hydrogens is 378 g/mol. The summed E-state index contributed by atoms with van der Waals surface area (Å²) in [6, 6.07) is 12.0. The number of H-pyrrole nitrogens is 1. The van der Waals surface area contributed by atoms with Gasteiger partial charge in [0.1, 0.15) is 0 Å². The van der Waals surface area contributed by atoms with E-state index in [2.05, 4.69) is 37.9 Å². The van der Waals surface area contributed by atoms with Crippen molar-refractivity contribution < 1.29 is 9.53 Å². The van der Waals surface area contributed by atoms with Crippen LogP contribution in [0.4, 0.5) is 0 Å². The summed E-state index contributed by atoms with van der Waals surface area (Å²) in [5.41, 5.74) is 5.67. The van der Waals surface area contributed by atoms with Gasteiger partial charge in [0.15, 0.2) is 0 Å². The molecule has 154 valence electrons. The number of aromatic amines is 1. The molecule has 3 N–H and O–H groups in total. The van der Waals surface area contributed by atoms with Crippen molar-refractivity contribution in [1.82, 2.24) is 25.7 Å². The molecule has 7 nitrogen and oxygen atoms in total. The third-order valence-electron chi connectivity index (χ3n) is 5.81. The van der Waals surface area contributed by atoms with Gasteiger partial charge in [0.05, 0.1) is 24.9 Å². The molecule has 3 aliphatic heterocycles. The number of nitrogens with one attached hydrogen (secondary N) is 3. The average molecular weight is 403 g/mol. The minimum absolute atomic E-state index is 0.0574. The van der Waals surface area contributed by atoms with Crippen molar-refractivity contribution in [1.29, 1.82) is 0 Å². The van der Waals surface area contributed by atoms with Crippen LogP contribution in [0.25, 0.3) is 17.2 Å². The van der Waals surface area contributed by atoms with E-state index in [0.29, 0.717) is 12.1 Å². The number of aromatic nitrogens is 2. The quantitative estimate of drug-likeness (QED) is 0.609. The van der Waals surface area contributed by atoms with Gasteiger partial charge in [0.2, 0.25) is 0 Å². The van der Waals surface area contributed by atoms with E-state index in [1.807, 2.05) is 42.7 Å². The number of rotatable bonds is 5. The van der Waals surface area contributed by atoms with Gasteiger partial charge in [-0.15, -0.1) is 0 Å². The highest BCUT2D eigenvalue weighted by molar-refractivity contribution is 6.01. The van der Waals surface area contributed by atoms with Crippen LogP contribution in [-0.4, -0.2) is 53.9 Å². The van der Waals surface area contributed by atoms with Crippen molar-refractivity contribution in [2.75, 3.05) is 32.8 Å².